The molecule has 0 atom stereocenters. The molecule has 0 amide bonds. The van der Waals surface area contributed by atoms with Gasteiger partial charge in [0.15, 0.2) is 0 Å². The molecule has 4 N–H and O–H groups in total. The molecule has 2 heterocycles. The molecule has 0 radical (unpaired) electrons. The van der Waals surface area contributed by atoms with Gasteiger partial charge < -0.3 is 20.9 Å². The van der Waals surface area contributed by atoms with Crippen molar-refractivity contribution in [3.8, 4) is 0 Å². The molecule has 0 bridgehead atoms. The molecule has 0 fully saturated rings. The molecule has 1 aliphatic heterocycles. The average Bonchev–Trinajstić information content (AvgIpc) is 3.52. The van der Waals surface area contributed by atoms with Gasteiger partial charge in [-0.2, -0.15) is 0 Å². The maximum atomic E-state index is 13.9. The maximum Gasteiger partial charge on any atom is 0.200 e. The number of allylic oxidation sites excluding steroid dienone is 1. The first-order valence-electron chi connectivity index (χ1n) is 10.7. The van der Waals surface area contributed by atoms with Gasteiger partial charge in [-0.15, -0.1) is 12.4 Å². The van der Waals surface area contributed by atoms with Crippen LogP contribution in [0.5, 0.6) is 0 Å². The lowest BCUT2D eigenvalue weighted by atomic mass is 9.95. The van der Waals surface area contributed by atoms with Crippen LogP contribution in [0.15, 0.2) is 90.6 Å². The highest BCUT2D eigenvalue weighted by molar-refractivity contribution is 6.32. The summed E-state index contributed by atoms with van der Waals surface area (Å²) in [5.74, 6) is -3.10. The van der Waals surface area contributed by atoms with Gasteiger partial charge in [0.25, 0.3) is 0 Å². The molecule has 10 heteroatoms. The van der Waals surface area contributed by atoms with Crippen LogP contribution in [0, 0.1) is 11.6 Å². The summed E-state index contributed by atoms with van der Waals surface area (Å²) in [4.78, 5) is 34.1. The van der Waals surface area contributed by atoms with Gasteiger partial charge in [-0.25, -0.2) is 13.8 Å². The summed E-state index contributed by atoms with van der Waals surface area (Å²) in [5, 5.41) is 9.25. The Kier molecular flexibility index (Phi) is 7.12. The zero-order valence-corrected chi connectivity index (χ0v) is 19.5. The van der Waals surface area contributed by atoms with Gasteiger partial charge in [-0.05, 0) is 36.4 Å². The quantitative estimate of drug-likeness (QED) is 0.113. The number of H-pyrrole nitrogens is 1. The van der Waals surface area contributed by atoms with Crippen LogP contribution in [0.3, 0.4) is 0 Å². The highest BCUT2D eigenvalue weighted by atomic mass is 35.5. The summed E-state index contributed by atoms with van der Waals surface area (Å²) in [6.45, 7) is 0.426. The lowest BCUT2D eigenvalue weighted by molar-refractivity contribution is 0.0960. The van der Waals surface area contributed by atoms with Gasteiger partial charge in [0.1, 0.15) is 23.0 Å². The number of nitrogens with zero attached hydrogens (tertiary/aromatic N) is 1. The Labute approximate surface area is 211 Å². The second-order valence-corrected chi connectivity index (χ2v) is 7.86. The Bertz CT molecular complexity index is 1420. The van der Waals surface area contributed by atoms with E-state index in [1.165, 1.54) is 0 Å². The summed E-state index contributed by atoms with van der Waals surface area (Å²) in [5.41, 5.74) is 2.44. The van der Waals surface area contributed by atoms with Crippen LogP contribution in [-0.2, 0) is 6.54 Å². The number of fused-ring (bicyclic) bond motifs is 1. The smallest absolute Gasteiger partial charge is 0.200 e. The fraction of sp³-hybridized carbons (Fsp3) is 0.0385. The summed E-state index contributed by atoms with van der Waals surface area (Å²) in [7, 11) is 0. The summed E-state index contributed by atoms with van der Waals surface area (Å²) in [6.07, 6.45) is 3.31. The van der Waals surface area contributed by atoms with E-state index >= 15 is 0 Å². The number of nitrogens with one attached hydrogen (secondary N) is 4. The van der Waals surface area contributed by atoms with Crippen LogP contribution in [0.4, 0.5) is 25.8 Å². The van der Waals surface area contributed by atoms with Gasteiger partial charge in [0.05, 0.1) is 29.9 Å². The number of hydrogen-bond donors (Lipinski definition) is 4. The van der Waals surface area contributed by atoms with Crippen LogP contribution in [0.25, 0.3) is 0 Å². The van der Waals surface area contributed by atoms with E-state index in [4.69, 9.17) is 0 Å². The Morgan fingerprint density at radius 3 is 2.14 bits per heavy atom. The van der Waals surface area contributed by atoms with Gasteiger partial charge in [-0.1, -0.05) is 24.3 Å². The van der Waals surface area contributed by atoms with Crippen LogP contribution in [0.2, 0.25) is 0 Å². The molecule has 0 aliphatic carbocycles. The predicted molar refractivity (Wildman–Crippen MR) is 135 cm³/mol. The second-order valence-electron chi connectivity index (χ2n) is 7.86. The van der Waals surface area contributed by atoms with E-state index in [0.717, 1.165) is 17.8 Å². The number of ketones is 2. The molecule has 0 saturated heterocycles. The molecule has 0 spiro atoms. The lowest BCUT2D eigenvalue weighted by Gasteiger charge is -2.12. The standard InChI is InChI=1S/C26H19F2N5O2.ClH/c27-17-8-16(9-18(28)11-17)25(35)23(26-32-21-6-1-2-7-22(21)33-26)24(34)15-4-3-5-19(10-15)30-13-20-12-29-14-31-20;/h1-12,14,30,32-33H,13H2,(H,29,31);1H. The fourth-order valence-corrected chi connectivity index (χ4v) is 3.78. The summed E-state index contributed by atoms with van der Waals surface area (Å²) in [6, 6.07) is 16.3. The zero-order valence-electron chi connectivity index (χ0n) is 18.6. The van der Waals surface area contributed by atoms with Gasteiger partial charge >= 0.3 is 0 Å². The Morgan fingerprint density at radius 1 is 0.833 bits per heavy atom. The minimum Gasteiger partial charge on any atom is -0.379 e. The first kappa shape index (κ1) is 24.6. The lowest BCUT2D eigenvalue weighted by Crippen LogP contribution is -2.21. The van der Waals surface area contributed by atoms with Crippen LogP contribution < -0.4 is 16.0 Å². The number of para-hydroxylation sites is 2. The number of benzene rings is 3. The molecule has 7 nitrogen and oxygen atoms in total. The molecule has 36 heavy (non-hydrogen) atoms. The first-order chi connectivity index (χ1) is 17.0. The molecule has 182 valence electrons. The van der Waals surface area contributed by atoms with Gasteiger partial charge in [0, 0.05) is 29.1 Å². The number of anilines is 3. The first-order valence-corrected chi connectivity index (χ1v) is 10.7. The topological polar surface area (TPSA) is 98.9 Å². The predicted octanol–water partition coefficient (Wildman–Crippen LogP) is 5.54. The van der Waals surface area contributed by atoms with E-state index in [-0.39, 0.29) is 34.9 Å². The summed E-state index contributed by atoms with van der Waals surface area (Å²) < 4.78 is 27.8. The minimum absolute atomic E-state index is 0. The van der Waals surface area contributed by atoms with Crippen molar-refractivity contribution in [1.82, 2.24) is 9.97 Å². The van der Waals surface area contributed by atoms with Crippen molar-refractivity contribution in [2.24, 2.45) is 0 Å². The number of carbonyl (C=O) groups excluding carboxylic acids is 2. The number of halogens is 3. The molecule has 3 aromatic carbocycles. The van der Waals surface area contributed by atoms with Crippen LogP contribution >= 0.6 is 12.4 Å². The molecule has 4 aromatic rings. The summed E-state index contributed by atoms with van der Waals surface area (Å²) >= 11 is 0. The van der Waals surface area contributed by atoms with E-state index in [1.54, 1.807) is 61.1 Å². The van der Waals surface area contributed by atoms with E-state index in [9.17, 15) is 18.4 Å². The minimum atomic E-state index is -0.912. The third-order valence-corrected chi connectivity index (χ3v) is 5.43. The molecule has 0 saturated carbocycles. The van der Waals surface area contributed by atoms with Crippen LogP contribution in [0.1, 0.15) is 26.4 Å². The fourth-order valence-electron chi connectivity index (χ4n) is 3.78. The van der Waals surface area contributed by atoms with Crippen LogP contribution in [-0.4, -0.2) is 21.5 Å². The maximum absolute atomic E-state index is 13.9. The molecule has 1 aromatic heterocycles. The monoisotopic (exact) mass is 507 g/mol. The molecule has 0 unspecified atom stereocenters. The molecule has 1 aliphatic rings. The van der Waals surface area contributed by atoms with Gasteiger partial charge in [0.2, 0.25) is 11.6 Å². The number of aromatic amines is 1. The number of carbonyl (C=O) groups is 2. The SMILES string of the molecule is Cl.O=C(C(C(=O)c1cccc(NCc2c[nH]cn2)c1)=C1Nc2ccccc2N1)c1cc(F)cc(F)c1. The zero-order chi connectivity index (χ0) is 24.4. The normalized spacial score (nSPS) is 11.6. The largest absolute Gasteiger partial charge is 0.379 e. The third-order valence-electron chi connectivity index (χ3n) is 5.43. The number of imidazole rings is 1. The van der Waals surface area contributed by atoms with E-state index in [1.807, 2.05) is 0 Å². The van der Waals surface area contributed by atoms with Crippen molar-refractivity contribution in [2.45, 2.75) is 6.54 Å². The highest BCUT2D eigenvalue weighted by Gasteiger charge is 2.29. The highest BCUT2D eigenvalue weighted by Crippen LogP contribution is 2.33. The van der Waals surface area contributed by atoms with Crippen molar-refractivity contribution >= 4 is 41.0 Å². The number of Topliss-reactive ketones (excluding diaryl/α,β-unsaturated/α-hetero) is 2. The van der Waals surface area contributed by atoms with Crippen molar-refractivity contribution < 1.29 is 18.4 Å². The van der Waals surface area contributed by atoms with Crippen molar-refractivity contribution in [3.63, 3.8) is 0 Å². The Balaban J connectivity index is 0.00000304. The average molecular weight is 508 g/mol. The van der Waals surface area contributed by atoms with Gasteiger partial charge in [-0.3, -0.25) is 9.59 Å². The molecular formula is C26H20ClF2N5O2. The van der Waals surface area contributed by atoms with E-state index in [2.05, 4.69) is 25.9 Å². The third kappa shape index (κ3) is 5.11. The van der Waals surface area contributed by atoms with E-state index < -0.39 is 23.2 Å². The Morgan fingerprint density at radius 2 is 1.50 bits per heavy atom. The number of hydrogen-bond acceptors (Lipinski definition) is 6. The van der Waals surface area contributed by atoms with Crippen molar-refractivity contribution in [3.05, 3.63) is 119 Å². The Hall–Kier alpha value is -4.50. The van der Waals surface area contributed by atoms with Crippen molar-refractivity contribution in [1.29, 1.82) is 0 Å². The molecular weight excluding hydrogens is 488 g/mol. The second kappa shape index (κ2) is 10.4. The number of aromatic nitrogens is 2. The van der Waals surface area contributed by atoms with Crippen molar-refractivity contribution in [2.75, 3.05) is 16.0 Å². The van der Waals surface area contributed by atoms with E-state index in [0.29, 0.717) is 29.7 Å². The number of rotatable bonds is 7. The molecule has 5 rings (SSSR count).